The van der Waals surface area contributed by atoms with Crippen LogP contribution in [-0.2, 0) is 0 Å². The molecule has 1 aromatic carbocycles. The zero-order valence-corrected chi connectivity index (χ0v) is 9.09. The SMILES string of the molecule is O=[N+]([O-])c1ccc(/C=C/CC(O)C(F)(F)F)cc1. The lowest BCUT2D eigenvalue weighted by Gasteiger charge is -2.11. The van der Waals surface area contributed by atoms with Crippen LogP contribution < -0.4 is 0 Å². The number of aliphatic hydroxyl groups is 1. The van der Waals surface area contributed by atoms with Gasteiger partial charge in [-0.05, 0) is 17.7 Å². The lowest BCUT2D eigenvalue weighted by Crippen LogP contribution is -2.27. The van der Waals surface area contributed by atoms with Gasteiger partial charge in [-0.3, -0.25) is 10.1 Å². The number of benzene rings is 1. The molecule has 1 aromatic rings. The van der Waals surface area contributed by atoms with Crippen molar-refractivity contribution < 1.29 is 23.2 Å². The van der Waals surface area contributed by atoms with Gasteiger partial charge in [0.25, 0.3) is 5.69 Å². The van der Waals surface area contributed by atoms with Crippen LogP contribution in [0.25, 0.3) is 6.08 Å². The Morgan fingerprint density at radius 3 is 2.33 bits per heavy atom. The standard InChI is InChI=1S/C11H10F3NO3/c12-11(13,14)10(16)3-1-2-8-4-6-9(7-5-8)15(17)18/h1-2,4-7,10,16H,3H2/b2-1+. The fourth-order valence-electron chi connectivity index (χ4n) is 1.17. The highest BCUT2D eigenvalue weighted by molar-refractivity contribution is 5.51. The third kappa shape index (κ3) is 4.17. The van der Waals surface area contributed by atoms with E-state index in [1.54, 1.807) is 0 Å². The van der Waals surface area contributed by atoms with Crippen molar-refractivity contribution in [2.45, 2.75) is 18.7 Å². The molecule has 0 aromatic heterocycles. The summed E-state index contributed by atoms with van der Waals surface area (Å²) in [5.41, 5.74) is 0.428. The molecule has 1 N–H and O–H groups in total. The summed E-state index contributed by atoms with van der Waals surface area (Å²) in [6, 6.07) is 5.32. The van der Waals surface area contributed by atoms with E-state index < -0.39 is 23.6 Å². The minimum atomic E-state index is -4.64. The topological polar surface area (TPSA) is 63.4 Å². The lowest BCUT2D eigenvalue weighted by atomic mass is 10.1. The van der Waals surface area contributed by atoms with Crippen LogP contribution in [0.2, 0.25) is 0 Å². The number of aliphatic hydroxyl groups excluding tert-OH is 1. The summed E-state index contributed by atoms with van der Waals surface area (Å²) in [6.45, 7) is 0. The molecule has 0 heterocycles. The van der Waals surface area contributed by atoms with E-state index in [4.69, 9.17) is 5.11 Å². The van der Waals surface area contributed by atoms with Crippen molar-refractivity contribution in [1.29, 1.82) is 0 Å². The van der Waals surface area contributed by atoms with Crippen molar-refractivity contribution in [1.82, 2.24) is 0 Å². The van der Waals surface area contributed by atoms with Crippen molar-refractivity contribution >= 4 is 11.8 Å². The third-order valence-electron chi connectivity index (χ3n) is 2.15. The van der Waals surface area contributed by atoms with Gasteiger partial charge in [0.15, 0.2) is 6.10 Å². The molecule has 4 nitrogen and oxygen atoms in total. The monoisotopic (exact) mass is 261 g/mol. The first-order valence-electron chi connectivity index (χ1n) is 4.96. The summed E-state index contributed by atoms with van der Waals surface area (Å²) >= 11 is 0. The van der Waals surface area contributed by atoms with Crippen LogP contribution in [0.5, 0.6) is 0 Å². The maximum atomic E-state index is 12.0. The van der Waals surface area contributed by atoms with E-state index in [2.05, 4.69) is 0 Å². The van der Waals surface area contributed by atoms with Crippen LogP contribution in [0.15, 0.2) is 30.3 Å². The number of nitro groups is 1. The number of alkyl halides is 3. The fourth-order valence-corrected chi connectivity index (χ4v) is 1.17. The lowest BCUT2D eigenvalue weighted by molar-refractivity contribution is -0.384. The first kappa shape index (κ1) is 14.2. The van der Waals surface area contributed by atoms with E-state index in [0.29, 0.717) is 5.56 Å². The predicted octanol–water partition coefficient (Wildman–Crippen LogP) is 2.92. The maximum Gasteiger partial charge on any atom is 0.414 e. The molecule has 0 aliphatic heterocycles. The fraction of sp³-hybridized carbons (Fsp3) is 0.273. The van der Waals surface area contributed by atoms with E-state index in [1.807, 2.05) is 0 Å². The highest BCUT2D eigenvalue weighted by Gasteiger charge is 2.36. The number of hydrogen-bond donors (Lipinski definition) is 1. The van der Waals surface area contributed by atoms with Crippen molar-refractivity contribution in [3.63, 3.8) is 0 Å². The van der Waals surface area contributed by atoms with Crippen molar-refractivity contribution in [3.8, 4) is 0 Å². The third-order valence-corrected chi connectivity index (χ3v) is 2.15. The first-order valence-corrected chi connectivity index (χ1v) is 4.96. The molecule has 0 fully saturated rings. The molecular weight excluding hydrogens is 251 g/mol. The molecule has 1 unspecified atom stereocenters. The van der Waals surface area contributed by atoms with Gasteiger partial charge in [-0.25, -0.2) is 0 Å². The van der Waals surface area contributed by atoms with Gasteiger partial charge in [0, 0.05) is 18.6 Å². The van der Waals surface area contributed by atoms with Gasteiger partial charge >= 0.3 is 6.18 Å². The zero-order valence-electron chi connectivity index (χ0n) is 9.09. The largest absolute Gasteiger partial charge is 0.414 e. The number of halogens is 3. The summed E-state index contributed by atoms with van der Waals surface area (Å²) in [5.74, 6) is 0. The Bertz CT molecular complexity index is 440. The Morgan fingerprint density at radius 1 is 1.33 bits per heavy atom. The molecule has 1 atom stereocenters. The van der Waals surface area contributed by atoms with Crippen molar-refractivity contribution in [2.24, 2.45) is 0 Å². The molecule has 1 rings (SSSR count). The van der Waals surface area contributed by atoms with Crippen LogP contribution >= 0.6 is 0 Å². The smallest absolute Gasteiger partial charge is 0.383 e. The Kier molecular flexibility index (Phi) is 4.43. The molecular formula is C11H10F3NO3. The number of nitro benzene ring substituents is 1. The summed E-state index contributed by atoms with van der Waals surface area (Å²) in [4.78, 5) is 9.79. The average Bonchev–Trinajstić information content (AvgIpc) is 2.28. The molecule has 18 heavy (non-hydrogen) atoms. The first-order chi connectivity index (χ1) is 8.30. The maximum absolute atomic E-state index is 12.0. The van der Waals surface area contributed by atoms with E-state index in [0.717, 1.165) is 0 Å². The van der Waals surface area contributed by atoms with Crippen LogP contribution in [0.1, 0.15) is 12.0 Å². The average molecular weight is 261 g/mol. The van der Waals surface area contributed by atoms with Crippen molar-refractivity contribution in [2.75, 3.05) is 0 Å². The van der Waals surface area contributed by atoms with E-state index >= 15 is 0 Å². The number of rotatable bonds is 4. The van der Waals surface area contributed by atoms with Gasteiger partial charge in [-0.1, -0.05) is 12.2 Å². The molecule has 0 spiro atoms. The van der Waals surface area contributed by atoms with Gasteiger partial charge < -0.3 is 5.11 Å². The van der Waals surface area contributed by atoms with E-state index in [9.17, 15) is 23.3 Å². The Labute approximate surface area is 101 Å². The van der Waals surface area contributed by atoms with Crippen molar-refractivity contribution in [3.05, 3.63) is 46.0 Å². The minimum Gasteiger partial charge on any atom is -0.383 e. The molecule has 0 aliphatic rings. The molecule has 0 amide bonds. The number of hydrogen-bond acceptors (Lipinski definition) is 3. The molecule has 0 bridgehead atoms. The summed E-state index contributed by atoms with van der Waals surface area (Å²) in [6.07, 6.45) is -5.06. The van der Waals surface area contributed by atoms with E-state index in [1.165, 1.54) is 36.4 Å². The predicted molar refractivity (Wildman–Crippen MR) is 58.8 cm³/mol. The Hall–Kier alpha value is -1.89. The quantitative estimate of drug-likeness (QED) is 0.669. The highest BCUT2D eigenvalue weighted by Crippen LogP contribution is 2.22. The van der Waals surface area contributed by atoms with Crippen LogP contribution in [0.3, 0.4) is 0 Å². The summed E-state index contributed by atoms with van der Waals surface area (Å²) < 4.78 is 35.9. The van der Waals surface area contributed by atoms with Crippen LogP contribution in [0, 0.1) is 10.1 Å². The van der Waals surface area contributed by atoms with Gasteiger partial charge in [0.2, 0.25) is 0 Å². The van der Waals surface area contributed by atoms with Crippen LogP contribution in [-0.4, -0.2) is 22.3 Å². The van der Waals surface area contributed by atoms with Gasteiger partial charge in [-0.15, -0.1) is 0 Å². The van der Waals surface area contributed by atoms with Gasteiger partial charge in [-0.2, -0.15) is 13.2 Å². The van der Waals surface area contributed by atoms with Gasteiger partial charge in [0.1, 0.15) is 0 Å². The molecule has 0 saturated carbocycles. The minimum absolute atomic E-state index is 0.0949. The number of non-ortho nitro benzene ring substituents is 1. The normalized spacial score (nSPS) is 13.8. The molecule has 7 heteroatoms. The van der Waals surface area contributed by atoms with Crippen LogP contribution in [0.4, 0.5) is 18.9 Å². The summed E-state index contributed by atoms with van der Waals surface area (Å²) in [5, 5.41) is 19.1. The number of nitrogens with zero attached hydrogens (tertiary/aromatic N) is 1. The molecule has 98 valence electrons. The van der Waals surface area contributed by atoms with E-state index in [-0.39, 0.29) is 5.69 Å². The molecule has 0 radical (unpaired) electrons. The molecule has 0 saturated heterocycles. The second-order valence-electron chi connectivity index (χ2n) is 3.54. The second-order valence-corrected chi connectivity index (χ2v) is 3.54. The summed E-state index contributed by atoms with van der Waals surface area (Å²) in [7, 11) is 0. The molecule has 0 aliphatic carbocycles. The second kappa shape index (κ2) is 5.63. The Morgan fingerprint density at radius 2 is 1.89 bits per heavy atom. The highest BCUT2D eigenvalue weighted by atomic mass is 19.4. The zero-order chi connectivity index (χ0) is 13.8. The van der Waals surface area contributed by atoms with Gasteiger partial charge in [0.05, 0.1) is 4.92 Å². The Balaban J connectivity index is 2.60.